The summed E-state index contributed by atoms with van der Waals surface area (Å²) in [7, 11) is 0. The number of benzene rings is 1. The molecule has 0 saturated carbocycles. The van der Waals surface area contributed by atoms with E-state index in [4.69, 9.17) is 0 Å². The van der Waals surface area contributed by atoms with Crippen LogP contribution < -0.4 is 0 Å². The normalized spacial score (nSPS) is 19.5. The van der Waals surface area contributed by atoms with Gasteiger partial charge < -0.3 is 4.90 Å². The number of piperidine rings is 1. The van der Waals surface area contributed by atoms with Crippen molar-refractivity contribution in [1.29, 1.82) is 0 Å². The Morgan fingerprint density at radius 2 is 2.32 bits per heavy atom. The molecule has 1 aliphatic rings. The Labute approximate surface area is 114 Å². The summed E-state index contributed by atoms with van der Waals surface area (Å²) in [5, 5.41) is 0. The lowest BCUT2D eigenvalue weighted by molar-refractivity contribution is -0.132. The minimum Gasteiger partial charge on any atom is -0.342 e. The molecule has 19 heavy (non-hydrogen) atoms. The number of carbonyl (C=O) groups is 1. The van der Waals surface area contributed by atoms with Gasteiger partial charge in [-0.1, -0.05) is 19.1 Å². The number of hydrogen-bond acceptors (Lipinski definition) is 1. The third-order valence-corrected chi connectivity index (χ3v) is 3.90. The summed E-state index contributed by atoms with van der Waals surface area (Å²) in [6.45, 7) is 3.70. The van der Waals surface area contributed by atoms with Gasteiger partial charge in [0.05, 0.1) is 0 Å². The molecule has 0 radical (unpaired) electrons. The van der Waals surface area contributed by atoms with Crippen molar-refractivity contribution in [2.45, 2.75) is 39.0 Å². The lowest BCUT2D eigenvalue weighted by Gasteiger charge is -2.32. The highest BCUT2D eigenvalue weighted by Gasteiger charge is 2.22. The molecule has 1 atom stereocenters. The van der Waals surface area contributed by atoms with E-state index in [2.05, 4.69) is 0 Å². The maximum absolute atomic E-state index is 13.1. The van der Waals surface area contributed by atoms with Gasteiger partial charge in [0.1, 0.15) is 5.82 Å². The molecule has 2 nitrogen and oxygen atoms in total. The Bertz CT molecular complexity index is 433. The molecule has 0 N–H and O–H groups in total. The van der Waals surface area contributed by atoms with Crippen molar-refractivity contribution in [3.05, 3.63) is 35.6 Å². The molecule has 3 heteroatoms. The van der Waals surface area contributed by atoms with Gasteiger partial charge in [0, 0.05) is 19.5 Å². The predicted molar refractivity (Wildman–Crippen MR) is 74.3 cm³/mol. The van der Waals surface area contributed by atoms with Crippen molar-refractivity contribution < 1.29 is 9.18 Å². The van der Waals surface area contributed by atoms with E-state index >= 15 is 0 Å². The van der Waals surface area contributed by atoms with Gasteiger partial charge >= 0.3 is 0 Å². The SMILES string of the molecule is CCC(=O)N1CCCC(CCc2cccc(F)c2)C1. The van der Waals surface area contributed by atoms with Crippen molar-refractivity contribution in [1.82, 2.24) is 4.90 Å². The van der Waals surface area contributed by atoms with Crippen LogP contribution in [0.1, 0.15) is 38.2 Å². The number of nitrogens with zero attached hydrogens (tertiary/aromatic N) is 1. The van der Waals surface area contributed by atoms with Crippen molar-refractivity contribution in [2.75, 3.05) is 13.1 Å². The van der Waals surface area contributed by atoms with Crippen molar-refractivity contribution in [2.24, 2.45) is 5.92 Å². The summed E-state index contributed by atoms with van der Waals surface area (Å²) >= 11 is 0. The highest BCUT2D eigenvalue weighted by atomic mass is 19.1. The largest absolute Gasteiger partial charge is 0.342 e. The van der Waals surface area contributed by atoms with Gasteiger partial charge in [-0.2, -0.15) is 0 Å². The van der Waals surface area contributed by atoms with Gasteiger partial charge in [-0.25, -0.2) is 4.39 Å². The fraction of sp³-hybridized carbons (Fsp3) is 0.562. The Kier molecular flexibility index (Phi) is 4.94. The summed E-state index contributed by atoms with van der Waals surface area (Å²) in [6.07, 6.45) is 4.81. The number of rotatable bonds is 4. The lowest BCUT2D eigenvalue weighted by Crippen LogP contribution is -2.39. The van der Waals surface area contributed by atoms with E-state index in [1.807, 2.05) is 17.9 Å². The molecule has 1 saturated heterocycles. The Morgan fingerprint density at radius 1 is 1.47 bits per heavy atom. The number of hydrogen-bond donors (Lipinski definition) is 0. The molecule has 0 bridgehead atoms. The highest BCUT2D eigenvalue weighted by Crippen LogP contribution is 2.22. The fourth-order valence-electron chi connectivity index (χ4n) is 2.81. The van der Waals surface area contributed by atoms with Gasteiger partial charge in [-0.05, 0) is 49.3 Å². The van der Waals surface area contributed by atoms with E-state index in [9.17, 15) is 9.18 Å². The maximum atomic E-state index is 13.1. The quantitative estimate of drug-likeness (QED) is 0.815. The first kappa shape index (κ1) is 14.0. The van der Waals surface area contributed by atoms with Crippen molar-refractivity contribution in [3.8, 4) is 0 Å². The van der Waals surface area contributed by atoms with Crippen LogP contribution in [0.4, 0.5) is 4.39 Å². The van der Waals surface area contributed by atoms with Crippen LogP contribution in [-0.4, -0.2) is 23.9 Å². The van der Waals surface area contributed by atoms with E-state index in [1.54, 1.807) is 12.1 Å². The zero-order valence-corrected chi connectivity index (χ0v) is 11.6. The standard InChI is InChI=1S/C16H22FNO/c1-2-16(19)18-10-4-6-14(12-18)9-8-13-5-3-7-15(17)11-13/h3,5,7,11,14H,2,4,6,8-10,12H2,1H3. The number of amides is 1. The molecule has 0 aromatic heterocycles. The monoisotopic (exact) mass is 263 g/mol. The van der Waals surface area contributed by atoms with E-state index in [0.29, 0.717) is 12.3 Å². The summed E-state index contributed by atoms with van der Waals surface area (Å²) in [5.41, 5.74) is 1.05. The first-order valence-electron chi connectivity index (χ1n) is 7.21. The molecule has 1 aliphatic heterocycles. The zero-order chi connectivity index (χ0) is 13.7. The van der Waals surface area contributed by atoms with Crippen LogP contribution in [0.15, 0.2) is 24.3 Å². The predicted octanol–water partition coefficient (Wildman–Crippen LogP) is 3.41. The second kappa shape index (κ2) is 6.69. The summed E-state index contributed by atoms with van der Waals surface area (Å²) in [6, 6.07) is 6.82. The molecule has 104 valence electrons. The molecule has 1 aromatic rings. The minimum absolute atomic E-state index is 0.163. The molecular formula is C16H22FNO. The van der Waals surface area contributed by atoms with Crippen LogP contribution in [0.2, 0.25) is 0 Å². The Balaban J connectivity index is 1.84. The molecule has 1 fully saturated rings. The molecule has 1 aromatic carbocycles. The lowest BCUT2D eigenvalue weighted by atomic mass is 9.91. The van der Waals surface area contributed by atoms with E-state index in [1.165, 1.54) is 12.5 Å². The van der Waals surface area contributed by atoms with Crippen molar-refractivity contribution >= 4 is 5.91 Å². The van der Waals surface area contributed by atoms with Crippen molar-refractivity contribution in [3.63, 3.8) is 0 Å². The molecule has 1 amide bonds. The van der Waals surface area contributed by atoms with Crippen LogP contribution in [0.3, 0.4) is 0 Å². The zero-order valence-electron chi connectivity index (χ0n) is 11.6. The Hall–Kier alpha value is -1.38. The number of carbonyl (C=O) groups excluding carboxylic acids is 1. The van der Waals surface area contributed by atoms with Gasteiger partial charge in [0.15, 0.2) is 0 Å². The average molecular weight is 263 g/mol. The van der Waals surface area contributed by atoms with E-state index in [-0.39, 0.29) is 11.7 Å². The van der Waals surface area contributed by atoms with Gasteiger partial charge in [-0.3, -0.25) is 4.79 Å². The fourth-order valence-corrected chi connectivity index (χ4v) is 2.81. The summed E-state index contributed by atoms with van der Waals surface area (Å²) < 4.78 is 13.1. The topological polar surface area (TPSA) is 20.3 Å². The highest BCUT2D eigenvalue weighted by molar-refractivity contribution is 5.75. The molecule has 1 unspecified atom stereocenters. The maximum Gasteiger partial charge on any atom is 0.222 e. The van der Waals surface area contributed by atoms with Gasteiger partial charge in [0.25, 0.3) is 0 Å². The minimum atomic E-state index is -0.163. The molecule has 0 aliphatic carbocycles. The van der Waals surface area contributed by atoms with Gasteiger partial charge in [0.2, 0.25) is 5.91 Å². The first-order chi connectivity index (χ1) is 9.19. The van der Waals surface area contributed by atoms with Crippen LogP contribution >= 0.6 is 0 Å². The number of halogens is 1. The average Bonchev–Trinajstić information content (AvgIpc) is 2.45. The summed E-state index contributed by atoms with van der Waals surface area (Å²) in [5.74, 6) is 0.659. The Morgan fingerprint density at radius 3 is 3.05 bits per heavy atom. The van der Waals surface area contributed by atoms with Crippen LogP contribution in [-0.2, 0) is 11.2 Å². The molecule has 1 heterocycles. The number of likely N-dealkylation sites (tertiary alicyclic amines) is 1. The van der Waals surface area contributed by atoms with Gasteiger partial charge in [-0.15, -0.1) is 0 Å². The smallest absolute Gasteiger partial charge is 0.222 e. The summed E-state index contributed by atoms with van der Waals surface area (Å²) in [4.78, 5) is 13.7. The third kappa shape index (κ3) is 4.05. The molecule has 2 rings (SSSR count). The second-order valence-electron chi connectivity index (χ2n) is 5.37. The number of aryl methyl sites for hydroxylation is 1. The molecular weight excluding hydrogens is 241 g/mol. The van der Waals surface area contributed by atoms with E-state index < -0.39 is 0 Å². The molecule has 0 spiro atoms. The second-order valence-corrected chi connectivity index (χ2v) is 5.37. The van der Waals surface area contributed by atoms with Crippen LogP contribution in [0.5, 0.6) is 0 Å². The third-order valence-electron chi connectivity index (χ3n) is 3.90. The van der Waals surface area contributed by atoms with Crippen LogP contribution in [0, 0.1) is 11.7 Å². The van der Waals surface area contributed by atoms with Crippen LogP contribution in [0.25, 0.3) is 0 Å². The van der Waals surface area contributed by atoms with E-state index in [0.717, 1.165) is 37.9 Å². The first-order valence-corrected chi connectivity index (χ1v) is 7.21.